The maximum absolute atomic E-state index is 12.2. The molecule has 1 N–H and O–H groups in total. The number of hydrogen-bond acceptors (Lipinski definition) is 3. The third kappa shape index (κ3) is 3.54. The number of carboxylic acid groups (broad SMARTS) is 1. The van der Waals surface area contributed by atoms with E-state index in [0.29, 0.717) is 19.4 Å². The van der Waals surface area contributed by atoms with E-state index in [2.05, 4.69) is 0 Å². The molecule has 1 amide bonds. The van der Waals surface area contributed by atoms with Gasteiger partial charge < -0.3 is 14.7 Å². The second-order valence-electron chi connectivity index (χ2n) is 5.48. The number of carboxylic acids is 1. The van der Waals surface area contributed by atoms with Gasteiger partial charge in [-0.15, -0.1) is 0 Å². The summed E-state index contributed by atoms with van der Waals surface area (Å²) in [5, 5.41) is 9.24. The number of nitrogens with zero attached hydrogens (tertiary/aromatic N) is 1. The number of rotatable bonds is 5. The average Bonchev–Trinajstić information content (AvgIpc) is 2.87. The van der Waals surface area contributed by atoms with E-state index < -0.39 is 12.0 Å². The lowest BCUT2D eigenvalue weighted by atomic mass is 10.0. The molecule has 5 heteroatoms. The van der Waals surface area contributed by atoms with Gasteiger partial charge in [0.05, 0.1) is 7.11 Å². The van der Waals surface area contributed by atoms with E-state index in [-0.39, 0.29) is 11.8 Å². The zero-order chi connectivity index (χ0) is 15.4. The van der Waals surface area contributed by atoms with Crippen molar-refractivity contribution >= 4 is 11.9 Å². The fourth-order valence-electron chi connectivity index (χ4n) is 2.79. The van der Waals surface area contributed by atoms with Gasteiger partial charge in [-0.05, 0) is 36.5 Å². The van der Waals surface area contributed by atoms with Gasteiger partial charge in [0.1, 0.15) is 11.8 Å². The number of ether oxygens (including phenoxy) is 1. The normalized spacial score (nSPS) is 21.3. The summed E-state index contributed by atoms with van der Waals surface area (Å²) in [4.78, 5) is 25.0. The number of carbonyl (C=O) groups is 2. The van der Waals surface area contributed by atoms with Crippen molar-refractivity contribution in [3.05, 3.63) is 29.8 Å². The maximum atomic E-state index is 12.2. The molecule has 0 aliphatic carbocycles. The van der Waals surface area contributed by atoms with Gasteiger partial charge in [0.25, 0.3) is 0 Å². The van der Waals surface area contributed by atoms with Crippen molar-refractivity contribution in [2.45, 2.75) is 32.2 Å². The van der Waals surface area contributed by atoms with Gasteiger partial charge in [-0.2, -0.15) is 0 Å². The van der Waals surface area contributed by atoms with Crippen LogP contribution in [0.15, 0.2) is 24.3 Å². The molecule has 1 aliphatic rings. The van der Waals surface area contributed by atoms with Crippen LogP contribution in [0.1, 0.15) is 25.3 Å². The molecule has 21 heavy (non-hydrogen) atoms. The van der Waals surface area contributed by atoms with Gasteiger partial charge in [0, 0.05) is 13.0 Å². The molecule has 1 aromatic carbocycles. The highest BCUT2D eigenvalue weighted by Gasteiger charge is 2.38. The third-order valence-electron chi connectivity index (χ3n) is 4.06. The molecule has 0 saturated carbocycles. The second kappa shape index (κ2) is 6.61. The molecule has 5 nitrogen and oxygen atoms in total. The standard InChI is InChI=1S/C16H21NO4/c1-11-9-10-17(15(11)16(19)20)14(18)8-5-12-3-6-13(21-2)7-4-12/h3-4,6-7,11,15H,5,8-10H2,1-2H3,(H,19,20). The van der Waals surface area contributed by atoms with Gasteiger partial charge >= 0.3 is 5.97 Å². The van der Waals surface area contributed by atoms with E-state index >= 15 is 0 Å². The van der Waals surface area contributed by atoms with Gasteiger partial charge in [-0.3, -0.25) is 4.79 Å². The predicted octanol–water partition coefficient (Wildman–Crippen LogP) is 1.95. The van der Waals surface area contributed by atoms with E-state index in [9.17, 15) is 14.7 Å². The first kappa shape index (κ1) is 15.4. The Labute approximate surface area is 124 Å². The summed E-state index contributed by atoms with van der Waals surface area (Å²) in [5.41, 5.74) is 1.04. The predicted molar refractivity (Wildman–Crippen MR) is 78.2 cm³/mol. The van der Waals surface area contributed by atoms with Crippen LogP contribution in [0.4, 0.5) is 0 Å². The Morgan fingerprint density at radius 3 is 2.57 bits per heavy atom. The number of hydrogen-bond donors (Lipinski definition) is 1. The summed E-state index contributed by atoms with van der Waals surface area (Å²) in [6.07, 6.45) is 1.70. The van der Waals surface area contributed by atoms with Crippen molar-refractivity contribution in [1.82, 2.24) is 4.90 Å². The van der Waals surface area contributed by atoms with Crippen LogP contribution in [0.25, 0.3) is 0 Å². The first-order valence-electron chi connectivity index (χ1n) is 7.18. The molecule has 0 radical (unpaired) electrons. The number of aryl methyl sites for hydroxylation is 1. The minimum Gasteiger partial charge on any atom is -0.497 e. The molecule has 1 aromatic rings. The first-order valence-corrected chi connectivity index (χ1v) is 7.18. The Balaban J connectivity index is 1.93. The van der Waals surface area contributed by atoms with Crippen LogP contribution in [0.2, 0.25) is 0 Å². The van der Waals surface area contributed by atoms with Crippen LogP contribution < -0.4 is 4.74 Å². The number of likely N-dealkylation sites (tertiary alicyclic amines) is 1. The highest BCUT2D eigenvalue weighted by atomic mass is 16.5. The molecule has 0 spiro atoms. The lowest BCUT2D eigenvalue weighted by Crippen LogP contribution is -2.42. The van der Waals surface area contributed by atoms with Crippen LogP contribution >= 0.6 is 0 Å². The Morgan fingerprint density at radius 1 is 1.33 bits per heavy atom. The molecule has 1 saturated heterocycles. The van der Waals surface area contributed by atoms with Crippen molar-refractivity contribution in [2.24, 2.45) is 5.92 Å². The molecule has 1 heterocycles. The van der Waals surface area contributed by atoms with Crippen LogP contribution in [0.3, 0.4) is 0 Å². The topological polar surface area (TPSA) is 66.8 Å². The van der Waals surface area contributed by atoms with E-state index in [1.54, 1.807) is 7.11 Å². The SMILES string of the molecule is COc1ccc(CCC(=O)N2CCC(C)C2C(=O)O)cc1. The van der Waals surface area contributed by atoms with E-state index in [1.807, 2.05) is 31.2 Å². The second-order valence-corrected chi connectivity index (χ2v) is 5.48. The van der Waals surface area contributed by atoms with Gasteiger partial charge in [0.2, 0.25) is 5.91 Å². The van der Waals surface area contributed by atoms with Crippen LogP contribution in [0, 0.1) is 5.92 Å². The van der Waals surface area contributed by atoms with Gasteiger partial charge in [0.15, 0.2) is 0 Å². The molecular weight excluding hydrogens is 270 g/mol. The van der Waals surface area contributed by atoms with E-state index in [1.165, 1.54) is 4.90 Å². The van der Waals surface area contributed by atoms with Crippen LogP contribution in [0.5, 0.6) is 5.75 Å². The summed E-state index contributed by atoms with van der Waals surface area (Å²) in [6, 6.07) is 6.89. The van der Waals surface area contributed by atoms with Crippen LogP contribution in [-0.4, -0.2) is 41.6 Å². The van der Waals surface area contributed by atoms with Crippen LogP contribution in [-0.2, 0) is 16.0 Å². The number of aliphatic carboxylic acids is 1. The molecule has 1 aliphatic heterocycles. The molecule has 114 valence electrons. The largest absolute Gasteiger partial charge is 0.497 e. The molecule has 0 aromatic heterocycles. The fourth-order valence-corrected chi connectivity index (χ4v) is 2.79. The van der Waals surface area contributed by atoms with Gasteiger partial charge in [-0.1, -0.05) is 19.1 Å². The number of carbonyl (C=O) groups excluding carboxylic acids is 1. The highest BCUT2D eigenvalue weighted by Crippen LogP contribution is 2.25. The van der Waals surface area contributed by atoms with E-state index in [0.717, 1.165) is 17.7 Å². The summed E-state index contributed by atoms with van der Waals surface area (Å²) >= 11 is 0. The lowest BCUT2D eigenvalue weighted by Gasteiger charge is -2.23. The monoisotopic (exact) mass is 291 g/mol. The quantitative estimate of drug-likeness (QED) is 0.900. The van der Waals surface area contributed by atoms with Crippen molar-refractivity contribution in [2.75, 3.05) is 13.7 Å². The minimum absolute atomic E-state index is 0.0208. The summed E-state index contributed by atoms with van der Waals surface area (Å²) < 4.78 is 5.09. The Hall–Kier alpha value is -2.04. The Bertz CT molecular complexity index is 512. The Morgan fingerprint density at radius 2 is 2.00 bits per heavy atom. The molecule has 2 rings (SSSR count). The van der Waals surface area contributed by atoms with Crippen molar-refractivity contribution in [3.63, 3.8) is 0 Å². The third-order valence-corrected chi connectivity index (χ3v) is 4.06. The molecule has 2 atom stereocenters. The maximum Gasteiger partial charge on any atom is 0.326 e. The van der Waals surface area contributed by atoms with E-state index in [4.69, 9.17) is 4.74 Å². The highest BCUT2D eigenvalue weighted by molar-refractivity contribution is 5.84. The zero-order valence-corrected chi connectivity index (χ0v) is 12.4. The molecule has 0 bridgehead atoms. The molecule has 1 fully saturated rings. The average molecular weight is 291 g/mol. The number of benzene rings is 1. The molecule has 2 unspecified atom stereocenters. The summed E-state index contributed by atoms with van der Waals surface area (Å²) in [7, 11) is 1.61. The van der Waals surface area contributed by atoms with Crippen molar-refractivity contribution in [1.29, 1.82) is 0 Å². The first-order chi connectivity index (χ1) is 10.0. The fraction of sp³-hybridized carbons (Fsp3) is 0.500. The summed E-state index contributed by atoms with van der Waals surface area (Å²) in [6.45, 7) is 2.43. The van der Waals surface area contributed by atoms with Crippen molar-refractivity contribution < 1.29 is 19.4 Å². The minimum atomic E-state index is -0.905. The van der Waals surface area contributed by atoms with Gasteiger partial charge in [-0.25, -0.2) is 4.79 Å². The number of methoxy groups -OCH3 is 1. The molecular formula is C16H21NO4. The smallest absolute Gasteiger partial charge is 0.326 e. The number of amides is 1. The lowest BCUT2D eigenvalue weighted by molar-refractivity contribution is -0.149. The zero-order valence-electron chi connectivity index (χ0n) is 12.4. The van der Waals surface area contributed by atoms with Crippen molar-refractivity contribution in [3.8, 4) is 5.75 Å². The Kier molecular flexibility index (Phi) is 4.83. The summed E-state index contributed by atoms with van der Waals surface area (Å²) in [5.74, 6) is -0.183.